The molecule has 0 spiro atoms. The first kappa shape index (κ1) is 15.2. The van der Waals surface area contributed by atoms with Gasteiger partial charge in [-0.2, -0.15) is 0 Å². The average Bonchev–Trinajstić information content (AvgIpc) is 2.46. The van der Waals surface area contributed by atoms with Gasteiger partial charge in [0.05, 0.1) is 4.92 Å². The van der Waals surface area contributed by atoms with E-state index in [0.717, 1.165) is 3.57 Å². The molecule has 0 atom stereocenters. The molecule has 0 fully saturated rings. The van der Waals surface area contributed by atoms with Crippen LogP contribution < -0.4 is 10.6 Å². The molecule has 0 saturated carbocycles. The van der Waals surface area contributed by atoms with E-state index >= 15 is 0 Å². The highest BCUT2D eigenvalue weighted by Crippen LogP contribution is 2.25. The van der Waals surface area contributed by atoms with Crippen molar-refractivity contribution in [1.29, 1.82) is 0 Å². The second-order valence-electron chi connectivity index (χ2n) is 4.20. The number of nitro benzene ring substituents is 1. The number of nitro groups is 1. The SMILES string of the molecule is CNc1ccc(C(=O)Nc2cccc(I)c2)cc1[N+](=O)[O-]. The Morgan fingerprint density at radius 3 is 2.62 bits per heavy atom. The molecule has 2 aromatic carbocycles. The molecule has 0 aliphatic heterocycles. The monoisotopic (exact) mass is 397 g/mol. The molecule has 0 aliphatic rings. The number of anilines is 2. The average molecular weight is 397 g/mol. The molecular weight excluding hydrogens is 385 g/mol. The van der Waals surface area contributed by atoms with Gasteiger partial charge >= 0.3 is 0 Å². The Balaban J connectivity index is 2.27. The van der Waals surface area contributed by atoms with E-state index in [1.165, 1.54) is 12.1 Å². The van der Waals surface area contributed by atoms with Crippen LogP contribution in [-0.2, 0) is 0 Å². The Kier molecular flexibility index (Phi) is 4.73. The standard InChI is InChI=1S/C14H12IN3O3/c1-16-12-6-5-9(7-13(12)18(20)21)14(19)17-11-4-2-3-10(15)8-11/h2-8,16H,1H3,(H,17,19). The Morgan fingerprint density at radius 1 is 1.24 bits per heavy atom. The van der Waals surface area contributed by atoms with Crippen LogP contribution in [0.25, 0.3) is 0 Å². The van der Waals surface area contributed by atoms with Gasteiger partial charge in [-0.3, -0.25) is 14.9 Å². The van der Waals surface area contributed by atoms with Crippen LogP contribution in [0.1, 0.15) is 10.4 Å². The van der Waals surface area contributed by atoms with Gasteiger partial charge in [0.15, 0.2) is 0 Å². The molecule has 0 heterocycles. The highest BCUT2D eigenvalue weighted by Gasteiger charge is 2.16. The Hall–Kier alpha value is -2.16. The lowest BCUT2D eigenvalue weighted by Crippen LogP contribution is -2.12. The van der Waals surface area contributed by atoms with E-state index in [4.69, 9.17) is 0 Å². The molecule has 0 aromatic heterocycles. The van der Waals surface area contributed by atoms with Crippen molar-refractivity contribution in [3.8, 4) is 0 Å². The third-order valence-electron chi connectivity index (χ3n) is 2.81. The van der Waals surface area contributed by atoms with Crippen molar-refractivity contribution < 1.29 is 9.72 Å². The van der Waals surface area contributed by atoms with Crippen molar-refractivity contribution in [3.05, 3.63) is 61.7 Å². The first-order valence-corrected chi connectivity index (χ1v) is 7.12. The minimum absolute atomic E-state index is 0.132. The molecule has 108 valence electrons. The molecule has 0 unspecified atom stereocenters. The maximum atomic E-state index is 12.1. The molecule has 21 heavy (non-hydrogen) atoms. The maximum absolute atomic E-state index is 12.1. The number of hydrogen-bond donors (Lipinski definition) is 2. The van der Waals surface area contributed by atoms with E-state index in [0.29, 0.717) is 11.4 Å². The first-order chi connectivity index (χ1) is 10.0. The van der Waals surface area contributed by atoms with Crippen LogP contribution in [-0.4, -0.2) is 17.9 Å². The molecule has 7 heteroatoms. The smallest absolute Gasteiger partial charge is 0.293 e. The lowest BCUT2D eigenvalue weighted by atomic mass is 10.1. The predicted molar refractivity (Wildman–Crippen MR) is 89.8 cm³/mol. The number of hydrogen-bond acceptors (Lipinski definition) is 4. The largest absolute Gasteiger partial charge is 0.383 e. The van der Waals surface area contributed by atoms with Crippen molar-refractivity contribution in [2.45, 2.75) is 0 Å². The molecule has 2 rings (SSSR count). The number of benzene rings is 2. The third-order valence-corrected chi connectivity index (χ3v) is 3.48. The second-order valence-corrected chi connectivity index (χ2v) is 5.45. The van der Waals surface area contributed by atoms with Crippen LogP contribution in [0, 0.1) is 13.7 Å². The fourth-order valence-electron chi connectivity index (χ4n) is 1.80. The molecule has 0 bridgehead atoms. The van der Waals surface area contributed by atoms with Crippen LogP contribution in [0.3, 0.4) is 0 Å². The van der Waals surface area contributed by atoms with Gasteiger partial charge in [-0.1, -0.05) is 6.07 Å². The van der Waals surface area contributed by atoms with E-state index < -0.39 is 4.92 Å². The van der Waals surface area contributed by atoms with Crippen molar-refractivity contribution in [2.24, 2.45) is 0 Å². The fourth-order valence-corrected chi connectivity index (χ4v) is 2.35. The van der Waals surface area contributed by atoms with Gasteiger partial charge in [0.25, 0.3) is 11.6 Å². The zero-order valence-corrected chi connectivity index (χ0v) is 13.2. The van der Waals surface area contributed by atoms with E-state index in [2.05, 4.69) is 33.2 Å². The number of rotatable bonds is 4. The molecule has 0 radical (unpaired) electrons. The molecule has 0 saturated heterocycles. The molecule has 2 aromatic rings. The van der Waals surface area contributed by atoms with E-state index in [9.17, 15) is 14.9 Å². The summed E-state index contributed by atoms with van der Waals surface area (Å²) < 4.78 is 0.988. The lowest BCUT2D eigenvalue weighted by molar-refractivity contribution is -0.384. The summed E-state index contributed by atoms with van der Waals surface area (Å²) in [5, 5.41) is 16.4. The summed E-state index contributed by atoms with van der Waals surface area (Å²) in [5.41, 5.74) is 1.12. The zero-order valence-electron chi connectivity index (χ0n) is 11.1. The highest BCUT2D eigenvalue weighted by atomic mass is 127. The third kappa shape index (κ3) is 3.69. The molecule has 1 amide bonds. The Morgan fingerprint density at radius 2 is 2.00 bits per heavy atom. The van der Waals surface area contributed by atoms with E-state index in [1.54, 1.807) is 19.2 Å². The van der Waals surface area contributed by atoms with Crippen LogP contribution >= 0.6 is 22.6 Å². The van der Waals surface area contributed by atoms with Crippen molar-refractivity contribution in [3.63, 3.8) is 0 Å². The van der Waals surface area contributed by atoms with Crippen LogP contribution in [0.4, 0.5) is 17.1 Å². The second kappa shape index (κ2) is 6.53. The number of nitrogens with zero attached hydrogens (tertiary/aromatic N) is 1. The summed E-state index contributed by atoms with van der Waals surface area (Å²) in [5.74, 6) is -0.386. The minimum atomic E-state index is -0.520. The number of carbonyl (C=O) groups is 1. The zero-order chi connectivity index (χ0) is 15.4. The summed E-state index contributed by atoms with van der Waals surface area (Å²) >= 11 is 2.14. The van der Waals surface area contributed by atoms with Crippen LogP contribution in [0.5, 0.6) is 0 Å². The quantitative estimate of drug-likeness (QED) is 0.470. The Bertz CT molecular complexity index is 704. The summed E-state index contributed by atoms with van der Waals surface area (Å²) in [6.07, 6.45) is 0. The fraction of sp³-hybridized carbons (Fsp3) is 0.0714. The lowest BCUT2D eigenvalue weighted by Gasteiger charge is -2.07. The summed E-state index contributed by atoms with van der Waals surface area (Å²) in [4.78, 5) is 22.6. The maximum Gasteiger partial charge on any atom is 0.293 e. The summed E-state index contributed by atoms with van der Waals surface area (Å²) in [6.45, 7) is 0. The van der Waals surface area contributed by atoms with Crippen molar-refractivity contribution >= 4 is 45.6 Å². The van der Waals surface area contributed by atoms with Crippen LogP contribution in [0.15, 0.2) is 42.5 Å². The highest BCUT2D eigenvalue weighted by molar-refractivity contribution is 14.1. The number of nitrogens with one attached hydrogen (secondary N) is 2. The van der Waals surface area contributed by atoms with Gasteiger partial charge in [-0.15, -0.1) is 0 Å². The van der Waals surface area contributed by atoms with Crippen molar-refractivity contribution in [2.75, 3.05) is 17.7 Å². The Labute approximate surface area is 134 Å². The molecular formula is C14H12IN3O3. The topological polar surface area (TPSA) is 84.3 Å². The predicted octanol–water partition coefficient (Wildman–Crippen LogP) is 3.49. The normalized spacial score (nSPS) is 10.0. The number of amides is 1. The van der Waals surface area contributed by atoms with Gasteiger partial charge in [0.2, 0.25) is 0 Å². The van der Waals surface area contributed by atoms with E-state index in [1.807, 2.05) is 18.2 Å². The van der Waals surface area contributed by atoms with Gasteiger partial charge in [0, 0.05) is 27.9 Å². The van der Waals surface area contributed by atoms with Crippen LogP contribution in [0.2, 0.25) is 0 Å². The molecule has 6 nitrogen and oxygen atoms in total. The summed E-state index contributed by atoms with van der Waals surface area (Å²) in [6, 6.07) is 11.6. The van der Waals surface area contributed by atoms with Crippen molar-refractivity contribution in [1.82, 2.24) is 0 Å². The minimum Gasteiger partial charge on any atom is -0.383 e. The number of carbonyl (C=O) groups excluding carboxylic acids is 1. The van der Waals surface area contributed by atoms with E-state index in [-0.39, 0.29) is 17.2 Å². The molecule has 2 N–H and O–H groups in total. The van der Waals surface area contributed by atoms with Gasteiger partial charge in [-0.25, -0.2) is 0 Å². The van der Waals surface area contributed by atoms with Gasteiger partial charge < -0.3 is 10.6 Å². The first-order valence-electron chi connectivity index (χ1n) is 6.04. The number of halogens is 1. The van der Waals surface area contributed by atoms with Gasteiger partial charge in [0.1, 0.15) is 5.69 Å². The van der Waals surface area contributed by atoms with Gasteiger partial charge in [-0.05, 0) is 52.9 Å². The molecule has 0 aliphatic carbocycles. The summed E-state index contributed by atoms with van der Waals surface area (Å²) in [7, 11) is 1.59.